The van der Waals surface area contributed by atoms with Crippen LogP contribution in [0.1, 0.15) is 11.1 Å². The molecule has 2 aromatic carbocycles. The quantitative estimate of drug-likeness (QED) is 0.918. The molecule has 0 radical (unpaired) electrons. The normalized spacial score (nSPS) is 12.9. The summed E-state index contributed by atoms with van der Waals surface area (Å²) in [5.41, 5.74) is 2.26. The molecule has 0 unspecified atom stereocenters. The summed E-state index contributed by atoms with van der Waals surface area (Å²) in [6.45, 7) is 1.11. The Morgan fingerprint density at radius 3 is 2.85 bits per heavy atom. The van der Waals surface area contributed by atoms with Crippen molar-refractivity contribution in [3.05, 3.63) is 58.1 Å². The van der Waals surface area contributed by atoms with Crippen LogP contribution in [0.5, 0.6) is 5.75 Å². The molecule has 0 atom stereocenters. The van der Waals surface area contributed by atoms with Crippen molar-refractivity contribution < 1.29 is 13.5 Å². The minimum Gasteiger partial charge on any atom is -0.493 e. The average Bonchev–Trinajstić information content (AvgIpc) is 2.84. The van der Waals surface area contributed by atoms with Crippen LogP contribution in [0.4, 0.5) is 14.5 Å². The van der Waals surface area contributed by atoms with E-state index in [1.165, 1.54) is 0 Å². The van der Waals surface area contributed by atoms with Gasteiger partial charge >= 0.3 is 0 Å². The third-order valence-corrected chi connectivity index (χ3v) is 3.53. The Bertz CT molecular complexity index is 637. The lowest BCUT2D eigenvalue weighted by atomic mass is 10.1. The number of rotatable bonds is 3. The van der Waals surface area contributed by atoms with Crippen LogP contribution in [0, 0.1) is 11.6 Å². The molecule has 20 heavy (non-hydrogen) atoms. The van der Waals surface area contributed by atoms with Gasteiger partial charge in [-0.25, -0.2) is 8.78 Å². The monoisotopic (exact) mass is 295 g/mol. The smallest absolute Gasteiger partial charge is 0.150 e. The second kappa shape index (κ2) is 5.29. The summed E-state index contributed by atoms with van der Waals surface area (Å²) in [6, 6.07) is 7.73. The van der Waals surface area contributed by atoms with E-state index in [1.807, 2.05) is 18.2 Å². The Hall–Kier alpha value is -1.81. The first kappa shape index (κ1) is 13.2. The molecule has 1 N–H and O–H groups in total. The summed E-state index contributed by atoms with van der Waals surface area (Å²) in [4.78, 5) is 0. The summed E-state index contributed by atoms with van der Waals surface area (Å²) in [5.74, 6) is -0.480. The van der Waals surface area contributed by atoms with E-state index in [9.17, 15) is 8.78 Å². The zero-order valence-corrected chi connectivity index (χ0v) is 11.3. The molecule has 1 aliphatic heterocycles. The highest BCUT2D eigenvalue weighted by atomic mass is 35.5. The number of fused-ring (bicyclic) bond motifs is 1. The summed E-state index contributed by atoms with van der Waals surface area (Å²) < 4.78 is 32.0. The highest BCUT2D eigenvalue weighted by Crippen LogP contribution is 2.29. The first-order valence-corrected chi connectivity index (χ1v) is 6.64. The molecular weight excluding hydrogens is 284 g/mol. The lowest BCUT2D eigenvalue weighted by molar-refractivity contribution is 0.357. The SMILES string of the molecule is Fc1cc(F)c(NCc2ccc3c(c2)CCO3)c(Cl)c1. The van der Waals surface area contributed by atoms with Crippen LogP contribution in [0.15, 0.2) is 30.3 Å². The highest BCUT2D eigenvalue weighted by molar-refractivity contribution is 6.33. The molecular formula is C15H12ClF2NO. The molecule has 3 rings (SSSR count). The van der Waals surface area contributed by atoms with Gasteiger partial charge in [-0.05, 0) is 23.3 Å². The van der Waals surface area contributed by atoms with Crippen molar-refractivity contribution in [2.75, 3.05) is 11.9 Å². The molecule has 1 heterocycles. The van der Waals surface area contributed by atoms with Crippen LogP contribution in [0.25, 0.3) is 0 Å². The Labute approximate surface area is 120 Å². The van der Waals surface area contributed by atoms with E-state index in [2.05, 4.69) is 5.32 Å². The van der Waals surface area contributed by atoms with Gasteiger partial charge in [0, 0.05) is 19.0 Å². The summed E-state index contributed by atoms with van der Waals surface area (Å²) in [7, 11) is 0. The van der Waals surface area contributed by atoms with E-state index in [-0.39, 0.29) is 10.7 Å². The zero-order valence-electron chi connectivity index (χ0n) is 10.6. The fourth-order valence-electron chi connectivity index (χ4n) is 2.25. The molecule has 0 bridgehead atoms. The van der Waals surface area contributed by atoms with Gasteiger partial charge in [-0.3, -0.25) is 0 Å². The Kier molecular flexibility index (Phi) is 3.49. The van der Waals surface area contributed by atoms with Crippen LogP contribution < -0.4 is 10.1 Å². The molecule has 0 aromatic heterocycles. The van der Waals surface area contributed by atoms with E-state index < -0.39 is 11.6 Å². The van der Waals surface area contributed by atoms with Crippen LogP contribution in [0.3, 0.4) is 0 Å². The van der Waals surface area contributed by atoms with Crippen molar-refractivity contribution in [1.29, 1.82) is 0 Å². The summed E-state index contributed by atoms with van der Waals surface area (Å²) in [5, 5.41) is 2.94. The Morgan fingerprint density at radius 1 is 1.20 bits per heavy atom. The van der Waals surface area contributed by atoms with Gasteiger partial charge in [-0.1, -0.05) is 23.7 Å². The van der Waals surface area contributed by atoms with E-state index in [0.717, 1.165) is 35.4 Å². The van der Waals surface area contributed by atoms with Crippen molar-refractivity contribution in [1.82, 2.24) is 0 Å². The van der Waals surface area contributed by atoms with Crippen LogP contribution >= 0.6 is 11.6 Å². The number of hydrogen-bond acceptors (Lipinski definition) is 2. The standard InChI is InChI=1S/C15H12ClF2NO/c16-12-6-11(17)7-13(18)15(12)19-8-9-1-2-14-10(5-9)3-4-20-14/h1-2,5-7,19H,3-4,8H2. The maximum atomic E-state index is 13.6. The van der Waals surface area contributed by atoms with Gasteiger partial charge in [0.25, 0.3) is 0 Å². The fourth-order valence-corrected chi connectivity index (χ4v) is 2.51. The average molecular weight is 296 g/mol. The molecule has 5 heteroatoms. The van der Waals surface area contributed by atoms with Crippen molar-refractivity contribution in [2.45, 2.75) is 13.0 Å². The maximum absolute atomic E-state index is 13.6. The van der Waals surface area contributed by atoms with E-state index in [4.69, 9.17) is 16.3 Å². The maximum Gasteiger partial charge on any atom is 0.150 e. The largest absolute Gasteiger partial charge is 0.493 e. The number of ether oxygens (including phenoxy) is 1. The lowest BCUT2D eigenvalue weighted by Crippen LogP contribution is -2.03. The van der Waals surface area contributed by atoms with Crippen molar-refractivity contribution in [2.24, 2.45) is 0 Å². The third kappa shape index (κ3) is 2.56. The molecule has 0 saturated heterocycles. The molecule has 104 valence electrons. The summed E-state index contributed by atoms with van der Waals surface area (Å²) >= 11 is 5.83. The minimum atomic E-state index is -0.695. The Morgan fingerprint density at radius 2 is 2.05 bits per heavy atom. The van der Waals surface area contributed by atoms with Crippen LogP contribution in [-0.4, -0.2) is 6.61 Å². The van der Waals surface area contributed by atoms with Gasteiger partial charge in [0.2, 0.25) is 0 Å². The highest BCUT2D eigenvalue weighted by Gasteiger charge is 2.13. The molecule has 0 aliphatic carbocycles. The molecule has 0 spiro atoms. The first-order chi connectivity index (χ1) is 9.63. The fraction of sp³-hybridized carbons (Fsp3) is 0.200. The Balaban J connectivity index is 1.77. The number of nitrogens with one attached hydrogen (secondary N) is 1. The van der Waals surface area contributed by atoms with Gasteiger partial charge in [-0.2, -0.15) is 0 Å². The predicted octanol–water partition coefficient (Wildman–Crippen LogP) is 4.17. The molecule has 0 amide bonds. The first-order valence-electron chi connectivity index (χ1n) is 6.26. The lowest BCUT2D eigenvalue weighted by Gasteiger charge is -2.10. The number of hydrogen-bond donors (Lipinski definition) is 1. The van der Waals surface area contributed by atoms with E-state index in [1.54, 1.807) is 0 Å². The number of benzene rings is 2. The molecule has 2 nitrogen and oxygen atoms in total. The van der Waals surface area contributed by atoms with Crippen LogP contribution in [-0.2, 0) is 13.0 Å². The molecule has 1 aliphatic rings. The zero-order chi connectivity index (χ0) is 14.1. The number of halogens is 3. The van der Waals surface area contributed by atoms with Gasteiger partial charge in [0.15, 0.2) is 5.82 Å². The van der Waals surface area contributed by atoms with Crippen LogP contribution in [0.2, 0.25) is 5.02 Å². The van der Waals surface area contributed by atoms with Gasteiger partial charge in [0.05, 0.1) is 17.3 Å². The van der Waals surface area contributed by atoms with E-state index in [0.29, 0.717) is 13.2 Å². The minimum absolute atomic E-state index is 0.0343. The van der Waals surface area contributed by atoms with Crippen molar-refractivity contribution in [3.8, 4) is 5.75 Å². The van der Waals surface area contributed by atoms with Gasteiger partial charge in [-0.15, -0.1) is 0 Å². The summed E-state index contributed by atoms with van der Waals surface area (Å²) in [6.07, 6.45) is 0.884. The van der Waals surface area contributed by atoms with Crippen molar-refractivity contribution in [3.63, 3.8) is 0 Å². The second-order valence-electron chi connectivity index (χ2n) is 4.64. The second-order valence-corrected chi connectivity index (χ2v) is 5.05. The topological polar surface area (TPSA) is 21.3 Å². The van der Waals surface area contributed by atoms with Gasteiger partial charge < -0.3 is 10.1 Å². The predicted molar refractivity (Wildman–Crippen MR) is 74.3 cm³/mol. The van der Waals surface area contributed by atoms with Gasteiger partial charge in [0.1, 0.15) is 11.6 Å². The molecule has 2 aromatic rings. The van der Waals surface area contributed by atoms with E-state index >= 15 is 0 Å². The number of anilines is 1. The third-order valence-electron chi connectivity index (χ3n) is 3.23. The molecule has 0 saturated carbocycles. The molecule has 0 fully saturated rings. The van der Waals surface area contributed by atoms with Crippen molar-refractivity contribution >= 4 is 17.3 Å².